The third-order valence-electron chi connectivity index (χ3n) is 18.6. The summed E-state index contributed by atoms with van der Waals surface area (Å²) >= 11 is 18.1. The molecule has 12 aromatic heterocycles. The molecule has 2 fully saturated rings. The molecule has 0 spiro atoms. The van der Waals surface area contributed by atoms with E-state index in [0.29, 0.717) is 94.3 Å². The number of nitrogens with zero attached hydrogens (tertiary/aromatic N) is 15. The summed E-state index contributed by atoms with van der Waals surface area (Å²) in [6.07, 6.45) is -1.90. The fraction of sp³-hybridized carbons (Fsp3) is 0.342. The minimum absolute atomic E-state index is 0. The smallest absolute Gasteiger partial charge is 0.380 e. The molecule has 654 valence electrons. The van der Waals surface area contributed by atoms with Gasteiger partial charge in [0.1, 0.15) is 89.4 Å². The van der Waals surface area contributed by atoms with Crippen molar-refractivity contribution >= 4 is 126 Å². The molecule has 2 saturated heterocycles. The van der Waals surface area contributed by atoms with Crippen molar-refractivity contribution in [3.8, 4) is 45.6 Å². The SMILES string of the molecule is CC(C)(Nc1ccnc(-c2c[nH]c3ncc(F)cc23)n1)C(=O)NCC(F)(F)F.CN(c1nc(-c2c[nH]c3ncc(Cl)cc23)ncc1F)C(C)(C)C(=O)NCC(F)(F)F.CO[C@@H]1C[C@H](C(=O)NCC(F)(F)F)N(c2ccnc(-c3c[nH]c4ncc(Cl)cc34)n2)C1.CO[C@@H]1C[C@H](C(=O)NCC(F)(F)F)N(c2nc(-c3c[nH]c4ncc(Cl)cc34)ncc2F)C1.[HH].[HH].[HH].[HH].[HH].[HH]. The zero-order valence-corrected chi connectivity index (χ0v) is 66.1. The summed E-state index contributed by atoms with van der Waals surface area (Å²) in [6.45, 7) is 0.110. The molecule has 0 aromatic carbocycles. The minimum Gasteiger partial charge on any atom is -0.380 e. The predicted octanol–water partition coefficient (Wildman–Crippen LogP) is 14.2. The lowest BCUT2D eigenvalue weighted by Crippen LogP contribution is -2.55. The number of carbonyl (C=O) groups excluding carboxylic acids is 4. The molecule has 14 heterocycles. The summed E-state index contributed by atoms with van der Waals surface area (Å²) in [5.41, 5.74) is 1.33. The summed E-state index contributed by atoms with van der Waals surface area (Å²) < 4.78 is 203. The molecule has 4 atom stereocenters. The van der Waals surface area contributed by atoms with Gasteiger partial charge in [-0.05, 0) is 64.1 Å². The van der Waals surface area contributed by atoms with Crippen LogP contribution in [0.15, 0.2) is 111 Å². The predicted molar refractivity (Wildman–Crippen MR) is 426 cm³/mol. The van der Waals surface area contributed by atoms with E-state index >= 15 is 0 Å². The number of nitrogens with one attached hydrogen (secondary N) is 9. The van der Waals surface area contributed by atoms with E-state index in [4.69, 9.17) is 44.3 Å². The maximum atomic E-state index is 14.7. The highest BCUT2D eigenvalue weighted by Crippen LogP contribution is 2.37. The number of amides is 4. The first-order valence-corrected chi connectivity index (χ1v) is 36.7. The van der Waals surface area contributed by atoms with Crippen LogP contribution in [0.25, 0.3) is 89.7 Å². The fourth-order valence-electron chi connectivity index (χ4n) is 12.4. The number of likely N-dealkylation sites (N-methyl/N-ethyl adjacent to an activating group) is 1. The summed E-state index contributed by atoms with van der Waals surface area (Å²) in [5.74, 6) is -4.60. The van der Waals surface area contributed by atoms with Crippen molar-refractivity contribution in [3.05, 3.63) is 143 Å². The lowest BCUT2D eigenvalue weighted by Gasteiger charge is -2.35. The van der Waals surface area contributed by atoms with Gasteiger partial charge in [0.25, 0.3) is 0 Å². The van der Waals surface area contributed by atoms with E-state index in [-0.39, 0.29) is 69.0 Å². The van der Waals surface area contributed by atoms with Crippen LogP contribution in [0.3, 0.4) is 0 Å². The Bertz CT molecular complexity index is 5790. The number of anilines is 4. The van der Waals surface area contributed by atoms with E-state index in [2.05, 4.69) is 85.1 Å². The Hall–Kier alpha value is -12.1. The van der Waals surface area contributed by atoms with Gasteiger partial charge in [0, 0.05) is 155 Å². The fourth-order valence-corrected chi connectivity index (χ4v) is 12.9. The third-order valence-corrected chi connectivity index (χ3v) is 19.2. The highest BCUT2D eigenvalue weighted by Gasteiger charge is 2.44. The zero-order valence-electron chi connectivity index (χ0n) is 63.8. The zero-order chi connectivity index (χ0) is 88.0. The standard InChI is InChI=1S/C19H17ClF4N6O2.C19H18ClF3N6O2.C18H17ClF4N6O.C17H16F4N6O.6H2/c1-32-10-3-14(18(31)28-8-19(22,23)24)30(7-10)17-13(21)6-27-16(29-17)12-5-26-15-11(12)2-9(20)4-25-15;1-31-11-5-14(18(30)27-9-19(21,22)23)29(8-11)15-2-3-24-17(28-15)13-7-26-16-12(13)4-10(20)6-25-16;1-17(2,16(30)27-8-18(21,22)23)29(3)15-12(20)7-26-14(28-15)11-6-25-13-10(11)4-9(19)5-24-13;1-16(2,15(28)25-8-17(19,20)21)27-12-3-4-22-14(26-12)11-7-24-13-10(11)5-9(18)6-23-13;;;;;;/h2,4-6,10,14H,3,7-8H2,1H3,(H,25,26)(H,28,31);2-4,6-7,11,14H,5,8-9H2,1H3,(H,25,26)(H,27,30);4-7H,8H2,1-3H3,(H,24,25)(H,27,30);3-7H,8H2,1-2H3,(H,23,24)(H,25,28)(H,22,26,27);6*1H/t10-,14-;11-,14-;;;;;;;;/m11......../s1. The molecule has 2 aliphatic rings. The Morgan fingerprint density at radius 2 is 0.876 bits per heavy atom. The monoisotopic (exact) mass is 1780 g/mol. The Kier molecular flexibility index (Phi) is 27.0. The van der Waals surface area contributed by atoms with Crippen LogP contribution in [0.1, 0.15) is 49.1 Å². The molecule has 14 rings (SSSR count). The van der Waals surface area contributed by atoms with Gasteiger partial charge in [-0.1, -0.05) is 34.8 Å². The van der Waals surface area contributed by atoms with Crippen LogP contribution >= 0.6 is 34.8 Å². The van der Waals surface area contributed by atoms with E-state index in [1.807, 2.05) is 16.0 Å². The normalized spacial score (nSPS) is 15.8. The first kappa shape index (κ1) is 89.7. The molecule has 0 saturated carbocycles. The highest BCUT2D eigenvalue weighted by molar-refractivity contribution is 6.32. The molecule has 9 N–H and O–H groups in total. The molecule has 0 aliphatic carbocycles. The van der Waals surface area contributed by atoms with Gasteiger partial charge in [0.2, 0.25) is 23.6 Å². The molecule has 48 heteroatoms. The van der Waals surface area contributed by atoms with Crippen LogP contribution in [-0.4, -0.2) is 224 Å². The van der Waals surface area contributed by atoms with E-state index in [1.54, 1.807) is 59.3 Å². The third kappa shape index (κ3) is 22.3. The number of carbonyl (C=O) groups is 4. The van der Waals surface area contributed by atoms with Crippen molar-refractivity contribution in [3.63, 3.8) is 0 Å². The van der Waals surface area contributed by atoms with Crippen molar-refractivity contribution in [2.24, 2.45) is 0 Å². The van der Waals surface area contributed by atoms with Gasteiger partial charge in [0.05, 0.1) is 45.9 Å². The first-order valence-electron chi connectivity index (χ1n) is 35.6. The van der Waals surface area contributed by atoms with Gasteiger partial charge < -0.3 is 70.7 Å². The van der Waals surface area contributed by atoms with E-state index in [1.165, 1.54) is 97.0 Å². The molecule has 12 aromatic rings. The van der Waals surface area contributed by atoms with Crippen molar-refractivity contribution in [2.75, 3.05) is 80.6 Å². The summed E-state index contributed by atoms with van der Waals surface area (Å²) in [4.78, 5) is 115. The average molecular weight is 1780 g/mol. The highest BCUT2D eigenvalue weighted by atomic mass is 35.5. The number of alkyl halides is 12. The molecular formula is C73H80Cl3F15N24O6. The number of aromatic amines is 4. The Balaban J connectivity index is 0.000000296. The lowest BCUT2D eigenvalue weighted by molar-refractivity contribution is -0.140. The van der Waals surface area contributed by atoms with Gasteiger partial charge in [-0.3, -0.25) is 19.2 Å². The van der Waals surface area contributed by atoms with Crippen LogP contribution in [0, 0.1) is 17.5 Å². The maximum absolute atomic E-state index is 14.7. The molecule has 2 aliphatic heterocycles. The number of H-pyrrole nitrogens is 4. The second kappa shape index (κ2) is 36.5. The Morgan fingerprint density at radius 1 is 0.488 bits per heavy atom. The number of methoxy groups -OCH3 is 2. The van der Waals surface area contributed by atoms with Crippen molar-refractivity contribution in [1.82, 2.24) is 101 Å². The molecule has 121 heavy (non-hydrogen) atoms. The number of ether oxygens (including phenoxy) is 2. The first-order chi connectivity index (χ1) is 56.9. The van der Waals surface area contributed by atoms with Crippen molar-refractivity contribution in [1.29, 1.82) is 0 Å². The number of fused-ring (bicyclic) bond motifs is 4. The largest absolute Gasteiger partial charge is 0.405 e. The number of halogens is 18. The molecule has 0 unspecified atom stereocenters. The Labute approximate surface area is 697 Å². The van der Waals surface area contributed by atoms with Gasteiger partial charge in [-0.2, -0.15) is 52.7 Å². The number of pyridine rings is 4. The lowest BCUT2D eigenvalue weighted by atomic mass is 10.0. The second-order valence-corrected chi connectivity index (χ2v) is 29.2. The minimum atomic E-state index is -4.57. The number of hydrogen-bond donors (Lipinski definition) is 9. The number of hydrogen-bond acceptors (Lipinski definition) is 22. The summed E-state index contributed by atoms with van der Waals surface area (Å²) in [5, 5.41) is 13.8. The molecule has 0 radical (unpaired) electrons. The van der Waals surface area contributed by atoms with Crippen LogP contribution in [0.4, 0.5) is 89.1 Å². The van der Waals surface area contributed by atoms with Gasteiger partial charge >= 0.3 is 24.7 Å². The summed E-state index contributed by atoms with van der Waals surface area (Å²) in [6, 6.07) is 7.42. The quantitative estimate of drug-likeness (QED) is 0.0320. The van der Waals surface area contributed by atoms with Gasteiger partial charge in [-0.25, -0.2) is 73.0 Å². The van der Waals surface area contributed by atoms with E-state index in [0.717, 1.165) is 28.9 Å². The Morgan fingerprint density at radius 3 is 1.34 bits per heavy atom. The second-order valence-electron chi connectivity index (χ2n) is 27.9. The topological polar surface area (TPSA) is 374 Å². The molecular weight excluding hydrogens is 1700 g/mol. The van der Waals surface area contributed by atoms with Gasteiger partial charge in [0.15, 0.2) is 46.6 Å². The van der Waals surface area contributed by atoms with Crippen molar-refractivity contribution in [2.45, 2.75) is 101 Å². The molecule has 4 amide bonds. The average Bonchev–Trinajstić information content (AvgIpc) is 1.65. The number of aromatic nitrogens is 16. The maximum Gasteiger partial charge on any atom is 0.405 e. The number of rotatable bonds is 20. The van der Waals surface area contributed by atoms with E-state index in [9.17, 15) is 85.0 Å². The van der Waals surface area contributed by atoms with E-state index < -0.39 is 121 Å². The molecule has 30 nitrogen and oxygen atoms in total. The van der Waals surface area contributed by atoms with Crippen LogP contribution < -0.4 is 41.3 Å². The van der Waals surface area contributed by atoms with Crippen LogP contribution in [0.2, 0.25) is 15.1 Å². The van der Waals surface area contributed by atoms with Crippen molar-refractivity contribution < 1.29 is 103 Å². The molecule has 0 bridgehead atoms. The van der Waals surface area contributed by atoms with Gasteiger partial charge in [-0.15, -0.1) is 0 Å². The summed E-state index contributed by atoms with van der Waals surface area (Å²) in [7, 11) is 4.26. The van der Waals surface area contributed by atoms with Crippen LogP contribution in [-0.2, 0) is 28.7 Å². The van der Waals surface area contributed by atoms with Crippen LogP contribution in [0.5, 0.6) is 0 Å².